The maximum atomic E-state index is 13.2. The second-order valence-corrected chi connectivity index (χ2v) is 6.51. The number of nitrogens with zero attached hydrogens (tertiary/aromatic N) is 2. The van der Waals surface area contributed by atoms with E-state index in [9.17, 15) is 14.9 Å². The molecule has 0 saturated carbocycles. The maximum absolute atomic E-state index is 13.2. The van der Waals surface area contributed by atoms with Gasteiger partial charge in [-0.25, -0.2) is 4.90 Å². The van der Waals surface area contributed by atoms with Crippen molar-refractivity contribution in [2.45, 2.75) is 18.0 Å². The summed E-state index contributed by atoms with van der Waals surface area (Å²) in [6.45, 7) is 0.851. The van der Waals surface area contributed by atoms with E-state index in [1.165, 1.54) is 0 Å². The molecular formula is C18H14N2O5. The average Bonchev–Trinajstić information content (AvgIpc) is 3.38. The molecule has 7 heteroatoms. The van der Waals surface area contributed by atoms with Crippen LogP contribution in [0.25, 0.3) is 0 Å². The Balaban J connectivity index is 1.59. The molecule has 1 aromatic rings. The Labute approximate surface area is 143 Å². The zero-order valence-electron chi connectivity index (χ0n) is 13.1. The number of anilines is 1. The summed E-state index contributed by atoms with van der Waals surface area (Å²) >= 11 is 0. The number of carbonyl (C=O) groups excluding carboxylic acids is 2. The molecule has 4 aliphatic rings. The van der Waals surface area contributed by atoms with Crippen LogP contribution < -0.4 is 4.90 Å². The number of ether oxygens (including phenoxy) is 3. The number of carbonyl (C=O) groups is 2. The topological polar surface area (TPSA) is 88.9 Å². The lowest BCUT2D eigenvalue weighted by Gasteiger charge is -2.32. The summed E-state index contributed by atoms with van der Waals surface area (Å²) in [6, 6.07) is 8.64. The molecule has 25 heavy (non-hydrogen) atoms. The van der Waals surface area contributed by atoms with Crippen molar-refractivity contribution in [3.8, 4) is 6.07 Å². The summed E-state index contributed by atoms with van der Waals surface area (Å²) in [5.74, 6) is -2.03. The van der Waals surface area contributed by atoms with Gasteiger partial charge in [-0.1, -0.05) is 18.2 Å². The largest absolute Gasteiger partial charge is 0.357 e. The van der Waals surface area contributed by atoms with Crippen LogP contribution in [0.15, 0.2) is 36.4 Å². The highest BCUT2D eigenvalue weighted by atomic mass is 16.7. The van der Waals surface area contributed by atoms with Gasteiger partial charge in [0.2, 0.25) is 11.8 Å². The first-order valence-corrected chi connectivity index (χ1v) is 8.15. The molecule has 2 bridgehead atoms. The van der Waals surface area contributed by atoms with Crippen molar-refractivity contribution >= 4 is 17.5 Å². The molecule has 0 aromatic heterocycles. The van der Waals surface area contributed by atoms with Crippen molar-refractivity contribution in [2.75, 3.05) is 18.1 Å². The summed E-state index contributed by atoms with van der Waals surface area (Å²) in [5, 5.41) is 9.32. The Morgan fingerprint density at radius 3 is 2.68 bits per heavy atom. The molecule has 0 aliphatic carbocycles. The van der Waals surface area contributed by atoms with E-state index in [0.29, 0.717) is 18.9 Å². The van der Waals surface area contributed by atoms with Crippen molar-refractivity contribution in [1.29, 1.82) is 5.26 Å². The van der Waals surface area contributed by atoms with Crippen molar-refractivity contribution in [3.63, 3.8) is 0 Å². The van der Waals surface area contributed by atoms with Gasteiger partial charge in [0.25, 0.3) is 0 Å². The molecule has 4 aliphatic heterocycles. The molecule has 5 rings (SSSR count). The second-order valence-electron chi connectivity index (χ2n) is 6.51. The molecular weight excluding hydrogens is 324 g/mol. The van der Waals surface area contributed by atoms with Gasteiger partial charge in [-0.15, -0.1) is 0 Å². The Morgan fingerprint density at radius 1 is 1.16 bits per heavy atom. The second kappa shape index (κ2) is 4.99. The van der Waals surface area contributed by atoms with Gasteiger partial charge >= 0.3 is 0 Å². The van der Waals surface area contributed by atoms with Crippen LogP contribution in [0.1, 0.15) is 5.56 Å². The molecule has 3 saturated heterocycles. The lowest BCUT2D eigenvalue weighted by atomic mass is 9.76. The Kier molecular flexibility index (Phi) is 2.95. The molecule has 0 N–H and O–H groups in total. The van der Waals surface area contributed by atoms with E-state index in [1.807, 2.05) is 6.07 Å². The minimum Gasteiger partial charge on any atom is -0.357 e. The Bertz CT molecular complexity index is 853. The highest BCUT2D eigenvalue weighted by Gasteiger charge is 2.71. The normalized spacial score (nSPS) is 36.3. The van der Waals surface area contributed by atoms with Gasteiger partial charge in [-0.2, -0.15) is 5.26 Å². The minimum atomic E-state index is -1.07. The monoisotopic (exact) mass is 338 g/mol. The average molecular weight is 338 g/mol. The third kappa shape index (κ3) is 1.74. The molecule has 0 unspecified atom stereocenters. The maximum Gasteiger partial charge on any atom is 0.241 e. The van der Waals surface area contributed by atoms with Crippen LogP contribution in [-0.4, -0.2) is 43.0 Å². The highest BCUT2D eigenvalue weighted by Crippen LogP contribution is 2.55. The standard InChI is InChI=1S/C18H14N2O5/c19-9-10-3-1-2-4-11(10)20-15(21)13-12-5-6-18(25-12,14(13)16(20)22)17-23-7-8-24-17/h1-6,12-14,17H,7-8H2/t12-,13+,14-,18-/m1/s1. The van der Waals surface area contributed by atoms with Crippen molar-refractivity contribution in [3.05, 3.63) is 42.0 Å². The van der Waals surface area contributed by atoms with Crippen molar-refractivity contribution < 1.29 is 23.8 Å². The molecule has 2 amide bonds. The van der Waals surface area contributed by atoms with Crippen LogP contribution in [0, 0.1) is 23.2 Å². The van der Waals surface area contributed by atoms with E-state index >= 15 is 0 Å². The fraction of sp³-hybridized carbons (Fsp3) is 0.389. The summed E-state index contributed by atoms with van der Waals surface area (Å²) in [4.78, 5) is 27.3. The quantitative estimate of drug-likeness (QED) is 0.584. The number of benzene rings is 1. The predicted octanol–water partition coefficient (Wildman–Crippen LogP) is 0.744. The van der Waals surface area contributed by atoms with E-state index in [2.05, 4.69) is 0 Å². The van der Waals surface area contributed by atoms with E-state index in [1.54, 1.807) is 36.4 Å². The van der Waals surface area contributed by atoms with E-state index < -0.39 is 29.8 Å². The number of fused-ring (bicyclic) bond motifs is 5. The van der Waals surface area contributed by atoms with Gasteiger partial charge in [0, 0.05) is 0 Å². The lowest BCUT2D eigenvalue weighted by molar-refractivity contribution is -0.180. The van der Waals surface area contributed by atoms with Crippen LogP contribution in [0.4, 0.5) is 5.69 Å². The summed E-state index contributed by atoms with van der Waals surface area (Å²) < 4.78 is 17.2. The van der Waals surface area contributed by atoms with Gasteiger partial charge < -0.3 is 14.2 Å². The first-order chi connectivity index (χ1) is 12.2. The fourth-order valence-electron chi connectivity index (χ4n) is 4.33. The molecule has 0 spiro atoms. The van der Waals surface area contributed by atoms with Gasteiger partial charge in [0.15, 0.2) is 11.9 Å². The molecule has 4 atom stereocenters. The molecule has 1 aromatic carbocycles. The van der Waals surface area contributed by atoms with Gasteiger partial charge in [-0.3, -0.25) is 9.59 Å². The number of imide groups is 1. The zero-order valence-corrected chi connectivity index (χ0v) is 13.1. The molecule has 4 heterocycles. The van der Waals surface area contributed by atoms with E-state index in [0.717, 1.165) is 4.90 Å². The van der Waals surface area contributed by atoms with Crippen LogP contribution in [0.2, 0.25) is 0 Å². The van der Waals surface area contributed by atoms with Gasteiger partial charge in [0.1, 0.15) is 6.07 Å². The Morgan fingerprint density at radius 2 is 1.92 bits per heavy atom. The lowest BCUT2D eigenvalue weighted by Crippen LogP contribution is -2.49. The SMILES string of the molecule is N#Cc1ccccc1N1C(=O)[C@H]2[C@H]3C=C[C@@](C4OCCO4)(O3)[C@H]2C1=O. The first kappa shape index (κ1) is 14.8. The molecule has 3 fully saturated rings. The number of amides is 2. The minimum absolute atomic E-state index is 0.285. The van der Waals surface area contributed by atoms with Crippen LogP contribution in [0.3, 0.4) is 0 Å². The predicted molar refractivity (Wildman–Crippen MR) is 83.1 cm³/mol. The number of nitriles is 1. The van der Waals surface area contributed by atoms with E-state index in [-0.39, 0.29) is 17.4 Å². The van der Waals surface area contributed by atoms with Crippen LogP contribution >= 0.6 is 0 Å². The number of hydrogen-bond donors (Lipinski definition) is 0. The van der Waals surface area contributed by atoms with Crippen molar-refractivity contribution in [1.82, 2.24) is 0 Å². The van der Waals surface area contributed by atoms with Crippen LogP contribution in [0.5, 0.6) is 0 Å². The molecule has 7 nitrogen and oxygen atoms in total. The fourth-order valence-corrected chi connectivity index (χ4v) is 4.33. The number of hydrogen-bond acceptors (Lipinski definition) is 6. The van der Waals surface area contributed by atoms with Crippen molar-refractivity contribution in [2.24, 2.45) is 11.8 Å². The number of rotatable bonds is 2. The summed E-state index contributed by atoms with van der Waals surface area (Å²) in [6.07, 6.45) is 2.41. The third-order valence-corrected chi connectivity index (χ3v) is 5.33. The zero-order chi connectivity index (χ0) is 17.2. The molecule has 126 valence electrons. The highest BCUT2D eigenvalue weighted by molar-refractivity contribution is 6.23. The number of para-hydroxylation sites is 1. The van der Waals surface area contributed by atoms with Gasteiger partial charge in [-0.05, 0) is 18.2 Å². The first-order valence-electron chi connectivity index (χ1n) is 8.15. The smallest absolute Gasteiger partial charge is 0.241 e. The van der Waals surface area contributed by atoms with Gasteiger partial charge in [0.05, 0.1) is 42.4 Å². The van der Waals surface area contributed by atoms with E-state index in [4.69, 9.17) is 14.2 Å². The molecule has 0 radical (unpaired) electrons. The third-order valence-electron chi connectivity index (χ3n) is 5.33. The summed E-state index contributed by atoms with van der Waals surface area (Å²) in [5.41, 5.74) is -0.473. The van der Waals surface area contributed by atoms with Crippen LogP contribution in [-0.2, 0) is 23.8 Å². The Hall–Kier alpha value is -2.53. The summed E-state index contributed by atoms with van der Waals surface area (Å²) in [7, 11) is 0.